The minimum Gasteiger partial charge on any atom is -0.469 e. The molecule has 1 aromatic carbocycles. The van der Waals surface area contributed by atoms with Gasteiger partial charge in [-0.05, 0) is 68.9 Å². The number of nitrogens with zero attached hydrogens (tertiary/aromatic N) is 3. The van der Waals surface area contributed by atoms with Crippen LogP contribution >= 0.6 is 0 Å². The van der Waals surface area contributed by atoms with Crippen molar-refractivity contribution in [1.82, 2.24) is 14.7 Å². The molecule has 1 amide bonds. The highest BCUT2D eigenvalue weighted by Gasteiger charge is 2.22. The van der Waals surface area contributed by atoms with Crippen LogP contribution in [0.1, 0.15) is 53.5 Å². The van der Waals surface area contributed by atoms with Gasteiger partial charge < -0.3 is 14.4 Å². The first kappa shape index (κ1) is 23.5. The maximum Gasteiger partial charge on any atom is 0.338 e. The molecule has 2 heterocycles. The van der Waals surface area contributed by atoms with Crippen molar-refractivity contribution in [2.75, 3.05) is 26.8 Å². The van der Waals surface area contributed by atoms with E-state index >= 15 is 0 Å². The van der Waals surface area contributed by atoms with Crippen LogP contribution in [0.4, 0.5) is 0 Å². The summed E-state index contributed by atoms with van der Waals surface area (Å²) in [5, 5.41) is 4.57. The summed E-state index contributed by atoms with van der Waals surface area (Å²) in [6.07, 6.45) is 2.96. The third kappa shape index (κ3) is 5.55. The Morgan fingerprint density at radius 3 is 2.53 bits per heavy atom. The Balaban J connectivity index is 1.61. The lowest BCUT2D eigenvalue weighted by atomic mass is 10.0. The molecule has 1 saturated heterocycles. The highest BCUT2D eigenvalue weighted by atomic mass is 16.5. The number of carbonyl (C=O) groups is 3. The summed E-state index contributed by atoms with van der Waals surface area (Å²) in [5.74, 6) is -0.454. The van der Waals surface area contributed by atoms with E-state index in [4.69, 9.17) is 9.47 Å². The van der Waals surface area contributed by atoms with Gasteiger partial charge in [-0.2, -0.15) is 5.10 Å². The number of methoxy groups -OCH3 is 1. The average molecular weight is 442 g/mol. The van der Waals surface area contributed by atoms with Crippen LogP contribution in [-0.4, -0.2) is 59.3 Å². The van der Waals surface area contributed by atoms with Gasteiger partial charge in [0.25, 0.3) is 5.91 Å². The fourth-order valence-electron chi connectivity index (χ4n) is 4.07. The number of carbonyl (C=O) groups excluding carboxylic acids is 3. The highest BCUT2D eigenvalue weighted by molar-refractivity contribution is 5.91. The van der Waals surface area contributed by atoms with E-state index in [0.717, 1.165) is 48.6 Å². The molecule has 1 aliphatic rings. The van der Waals surface area contributed by atoms with Crippen LogP contribution in [0.25, 0.3) is 5.69 Å². The predicted molar refractivity (Wildman–Crippen MR) is 119 cm³/mol. The van der Waals surface area contributed by atoms with Crippen molar-refractivity contribution < 1.29 is 23.9 Å². The summed E-state index contributed by atoms with van der Waals surface area (Å²) in [6, 6.07) is 6.90. The van der Waals surface area contributed by atoms with Gasteiger partial charge in [-0.25, -0.2) is 9.48 Å². The molecule has 0 radical (unpaired) electrons. The van der Waals surface area contributed by atoms with Crippen LogP contribution in [0.3, 0.4) is 0 Å². The molecule has 172 valence electrons. The van der Waals surface area contributed by atoms with E-state index in [1.807, 2.05) is 13.8 Å². The Hall–Kier alpha value is -3.16. The molecule has 0 spiro atoms. The van der Waals surface area contributed by atoms with Crippen molar-refractivity contribution in [3.05, 3.63) is 46.8 Å². The van der Waals surface area contributed by atoms with E-state index in [0.29, 0.717) is 24.3 Å². The lowest BCUT2D eigenvalue weighted by Gasteiger charge is -2.30. The van der Waals surface area contributed by atoms with Crippen LogP contribution in [0, 0.1) is 19.8 Å². The Morgan fingerprint density at radius 1 is 1.16 bits per heavy atom. The number of rotatable bonds is 7. The summed E-state index contributed by atoms with van der Waals surface area (Å²) in [6.45, 7) is 7.17. The van der Waals surface area contributed by atoms with Gasteiger partial charge in [0.2, 0.25) is 0 Å². The largest absolute Gasteiger partial charge is 0.469 e. The Morgan fingerprint density at radius 2 is 1.88 bits per heavy atom. The topological polar surface area (TPSA) is 90.7 Å². The predicted octanol–water partition coefficient (Wildman–Crippen LogP) is 3.01. The van der Waals surface area contributed by atoms with Gasteiger partial charge in [0, 0.05) is 25.2 Å². The number of piperidine rings is 1. The smallest absolute Gasteiger partial charge is 0.338 e. The van der Waals surface area contributed by atoms with E-state index in [-0.39, 0.29) is 18.5 Å². The zero-order valence-electron chi connectivity index (χ0n) is 19.2. The lowest BCUT2D eigenvalue weighted by molar-refractivity contribution is -0.140. The van der Waals surface area contributed by atoms with Gasteiger partial charge in [0.15, 0.2) is 6.61 Å². The van der Waals surface area contributed by atoms with Crippen molar-refractivity contribution in [1.29, 1.82) is 0 Å². The minimum atomic E-state index is -0.526. The first-order valence-electron chi connectivity index (χ1n) is 11.0. The molecule has 0 bridgehead atoms. The van der Waals surface area contributed by atoms with Crippen molar-refractivity contribution >= 4 is 17.8 Å². The highest BCUT2D eigenvalue weighted by Crippen LogP contribution is 2.20. The second kappa shape index (κ2) is 10.4. The fourth-order valence-corrected chi connectivity index (χ4v) is 4.07. The molecule has 0 saturated carbocycles. The van der Waals surface area contributed by atoms with Crippen LogP contribution in [0.5, 0.6) is 0 Å². The number of hydrogen-bond acceptors (Lipinski definition) is 6. The minimum absolute atomic E-state index is 0.149. The number of amides is 1. The number of benzene rings is 1. The standard InChI is InChI=1S/C24H31N3O5/c1-16-6-5-13-26(14-16)22(28)15-32-24(30)19-7-9-20(10-8-19)27-18(3)21(17(2)25-27)11-12-23(29)31-4/h7-10,16H,5-6,11-15H2,1-4H3. The molecule has 1 aromatic heterocycles. The molecular formula is C24H31N3O5. The van der Waals surface area contributed by atoms with Crippen molar-refractivity contribution in [3.8, 4) is 5.69 Å². The monoisotopic (exact) mass is 441 g/mol. The lowest BCUT2D eigenvalue weighted by Crippen LogP contribution is -2.41. The Labute approximate surface area is 188 Å². The summed E-state index contributed by atoms with van der Waals surface area (Å²) in [4.78, 5) is 37.9. The molecule has 8 heteroatoms. The number of aryl methyl sites for hydroxylation is 1. The molecule has 1 fully saturated rings. The van der Waals surface area contributed by atoms with Gasteiger partial charge in [0.05, 0.1) is 24.1 Å². The summed E-state index contributed by atoms with van der Waals surface area (Å²) in [7, 11) is 1.38. The fraction of sp³-hybridized carbons (Fsp3) is 0.500. The molecule has 8 nitrogen and oxygen atoms in total. The number of hydrogen-bond donors (Lipinski definition) is 0. The number of ether oxygens (including phenoxy) is 2. The Kier molecular flexibility index (Phi) is 7.66. The van der Waals surface area contributed by atoms with Gasteiger partial charge in [-0.3, -0.25) is 9.59 Å². The maximum atomic E-state index is 12.4. The molecule has 0 N–H and O–H groups in total. The number of esters is 2. The van der Waals surface area contributed by atoms with Crippen LogP contribution in [0.2, 0.25) is 0 Å². The molecule has 1 atom stereocenters. The summed E-state index contributed by atoms with van der Waals surface area (Å²) in [5.41, 5.74) is 3.96. The number of likely N-dealkylation sites (tertiary alicyclic amines) is 1. The normalized spacial score (nSPS) is 16.0. The van der Waals surface area contributed by atoms with Crippen LogP contribution < -0.4 is 0 Å². The molecule has 32 heavy (non-hydrogen) atoms. The molecular weight excluding hydrogens is 410 g/mol. The zero-order chi connectivity index (χ0) is 23.3. The van der Waals surface area contributed by atoms with Gasteiger partial charge in [0.1, 0.15) is 0 Å². The second-order valence-electron chi connectivity index (χ2n) is 8.35. The van der Waals surface area contributed by atoms with Gasteiger partial charge in [-0.1, -0.05) is 6.92 Å². The molecule has 1 aliphatic heterocycles. The quantitative estimate of drug-likeness (QED) is 0.614. The maximum absolute atomic E-state index is 12.4. The van der Waals surface area contributed by atoms with Gasteiger partial charge >= 0.3 is 11.9 Å². The first-order chi connectivity index (χ1) is 15.3. The third-order valence-corrected chi connectivity index (χ3v) is 5.93. The van der Waals surface area contributed by atoms with Crippen molar-refractivity contribution in [3.63, 3.8) is 0 Å². The van der Waals surface area contributed by atoms with E-state index in [1.165, 1.54) is 7.11 Å². The summed E-state index contributed by atoms with van der Waals surface area (Å²) < 4.78 is 11.7. The Bertz CT molecular complexity index is 980. The van der Waals surface area contributed by atoms with Crippen molar-refractivity contribution in [2.24, 2.45) is 5.92 Å². The van der Waals surface area contributed by atoms with E-state index < -0.39 is 5.97 Å². The molecule has 3 rings (SSSR count). The molecule has 1 unspecified atom stereocenters. The summed E-state index contributed by atoms with van der Waals surface area (Å²) >= 11 is 0. The molecule has 2 aromatic rings. The van der Waals surface area contributed by atoms with Crippen LogP contribution in [0.15, 0.2) is 24.3 Å². The van der Waals surface area contributed by atoms with Crippen molar-refractivity contribution in [2.45, 2.75) is 46.5 Å². The zero-order valence-corrected chi connectivity index (χ0v) is 19.2. The third-order valence-electron chi connectivity index (χ3n) is 5.93. The average Bonchev–Trinajstić information content (AvgIpc) is 3.08. The first-order valence-corrected chi connectivity index (χ1v) is 11.0. The number of aromatic nitrogens is 2. The second-order valence-corrected chi connectivity index (χ2v) is 8.35. The SMILES string of the molecule is COC(=O)CCc1c(C)nn(-c2ccc(C(=O)OCC(=O)N3CCCC(C)C3)cc2)c1C. The van der Waals surface area contributed by atoms with Gasteiger partial charge in [-0.15, -0.1) is 0 Å². The molecule has 0 aliphatic carbocycles. The van der Waals surface area contributed by atoms with E-state index in [1.54, 1.807) is 33.8 Å². The van der Waals surface area contributed by atoms with Crippen LogP contribution in [-0.2, 0) is 25.5 Å². The van der Waals surface area contributed by atoms with E-state index in [9.17, 15) is 14.4 Å². The van der Waals surface area contributed by atoms with E-state index in [2.05, 4.69) is 12.0 Å².